The maximum Gasteiger partial charge on any atom is 0.0600 e. The van der Waals surface area contributed by atoms with Crippen LogP contribution in [0.4, 0.5) is 5.69 Å². The molecule has 1 N–H and O–H groups in total. The van der Waals surface area contributed by atoms with E-state index in [1.165, 1.54) is 11.3 Å². The first-order valence-corrected chi connectivity index (χ1v) is 7.29. The van der Waals surface area contributed by atoms with Gasteiger partial charge in [-0.25, -0.2) is 0 Å². The topological polar surface area (TPSA) is 28.2 Å². The third-order valence-electron chi connectivity index (χ3n) is 3.09. The van der Waals surface area contributed by atoms with Crippen LogP contribution in [0.3, 0.4) is 0 Å². The maximum absolute atomic E-state index is 4.31. The van der Waals surface area contributed by atoms with Crippen molar-refractivity contribution in [3.63, 3.8) is 0 Å². The molecular formula is C16H29N3. The zero-order valence-corrected chi connectivity index (χ0v) is 13.3. The Bertz CT molecular complexity index is 380. The van der Waals surface area contributed by atoms with Crippen LogP contribution < -0.4 is 10.2 Å². The molecule has 108 valence electrons. The molecule has 1 aromatic rings. The van der Waals surface area contributed by atoms with Gasteiger partial charge in [0.15, 0.2) is 0 Å². The molecule has 0 saturated heterocycles. The van der Waals surface area contributed by atoms with Crippen molar-refractivity contribution < 1.29 is 0 Å². The molecule has 0 aliphatic heterocycles. The van der Waals surface area contributed by atoms with Gasteiger partial charge in [-0.15, -0.1) is 0 Å². The lowest BCUT2D eigenvalue weighted by Gasteiger charge is -2.31. The molecule has 0 saturated carbocycles. The SMILES string of the molecule is CCCN(c1cnccc1CNC(C)(C)C)C(C)C. The van der Waals surface area contributed by atoms with Gasteiger partial charge < -0.3 is 10.2 Å². The first kappa shape index (κ1) is 16.0. The molecule has 0 aliphatic carbocycles. The molecule has 0 aliphatic rings. The van der Waals surface area contributed by atoms with E-state index in [2.05, 4.69) is 62.8 Å². The second kappa shape index (κ2) is 6.90. The Morgan fingerprint density at radius 2 is 2.00 bits per heavy atom. The lowest BCUT2D eigenvalue weighted by atomic mass is 10.1. The fraction of sp³-hybridized carbons (Fsp3) is 0.688. The van der Waals surface area contributed by atoms with Crippen LogP contribution >= 0.6 is 0 Å². The molecule has 0 fully saturated rings. The Hall–Kier alpha value is -1.09. The summed E-state index contributed by atoms with van der Waals surface area (Å²) < 4.78 is 0. The summed E-state index contributed by atoms with van der Waals surface area (Å²) in [6, 6.07) is 2.62. The van der Waals surface area contributed by atoms with Crippen LogP contribution in [0, 0.1) is 0 Å². The third-order valence-corrected chi connectivity index (χ3v) is 3.09. The molecule has 1 aromatic heterocycles. The lowest BCUT2D eigenvalue weighted by Crippen LogP contribution is -2.37. The zero-order chi connectivity index (χ0) is 14.5. The van der Waals surface area contributed by atoms with Crippen molar-refractivity contribution in [3.8, 4) is 0 Å². The second-order valence-electron chi connectivity index (χ2n) is 6.40. The van der Waals surface area contributed by atoms with E-state index in [1.807, 2.05) is 12.4 Å². The molecule has 0 aromatic carbocycles. The molecule has 3 heteroatoms. The van der Waals surface area contributed by atoms with E-state index in [4.69, 9.17) is 0 Å². The highest BCUT2D eigenvalue weighted by molar-refractivity contribution is 5.52. The van der Waals surface area contributed by atoms with Gasteiger partial charge in [0.25, 0.3) is 0 Å². The first-order valence-electron chi connectivity index (χ1n) is 7.29. The molecule has 3 nitrogen and oxygen atoms in total. The summed E-state index contributed by atoms with van der Waals surface area (Å²) in [5.74, 6) is 0. The fourth-order valence-electron chi connectivity index (χ4n) is 2.08. The van der Waals surface area contributed by atoms with E-state index in [0.29, 0.717) is 6.04 Å². The van der Waals surface area contributed by atoms with Crippen LogP contribution in [0.1, 0.15) is 53.5 Å². The highest BCUT2D eigenvalue weighted by Crippen LogP contribution is 2.22. The summed E-state index contributed by atoms with van der Waals surface area (Å²) in [7, 11) is 0. The van der Waals surface area contributed by atoms with Gasteiger partial charge in [0.05, 0.1) is 11.9 Å². The Labute approximate surface area is 118 Å². The molecule has 0 bridgehead atoms. The average molecular weight is 263 g/mol. The minimum Gasteiger partial charge on any atom is -0.368 e. The lowest BCUT2D eigenvalue weighted by molar-refractivity contribution is 0.424. The Morgan fingerprint density at radius 3 is 2.53 bits per heavy atom. The predicted octanol–water partition coefficient (Wildman–Crippen LogP) is 3.59. The second-order valence-corrected chi connectivity index (χ2v) is 6.40. The predicted molar refractivity (Wildman–Crippen MR) is 83.6 cm³/mol. The Balaban J connectivity index is 2.93. The highest BCUT2D eigenvalue weighted by Gasteiger charge is 2.15. The van der Waals surface area contributed by atoms with Crippen molar-refractivity contribution in [1.82, 2.24) is 10.3 Å². The van der Waals surface area contributed by atoms with Gasteiger partial charge >= 0.3 is 0 Å². The van der Waals surface area contributed by atoms with E-state index in [9.17, 15) is 0 Å². The minimum atomic E-state index is 0.133. The van der Waals surface area contributed by atoms with Crippen LogP contribution in [-0.2, 0) is 6.54 Å². The van der Waals surface area contributed by atoms with E-state index in [1.54, 1.807) is 0 Å². The highest BCUT2D eigenvalue weighted by atomic mass is 15.2. The Kier molecular flexibility index (Phi) is 5.80. The molecule has 1 heterocycles. The van der Waals surface area contributed by atoms with Crippen LogP contribution in [0.25, 0.3) is 0 Å². The van der Waals surface area contributed by atoms with E-state index >= 15 is 0 Å². The normalized spacial score (nSPS) is 11.9. The number of hydrogen-bond acceptors (Lipinski definition) is 3. The molecule has 19 heavy (non-hydrogen) atoms. The van der Waals surface area contributed by atoms with Crippen molar-refractivity contribution in [2.75, 3.05) is 11.4 Å². The average Bonchev–Trinajstić information content (AvgIpc) is 2.33. The van der Waals surface area contributed by atoms with Crippen LogP contribution in [0.15, 0.2) is 18.5 Å². The van der Waals surface area contributed by atoms with E-state index in [0.717, 1.165) is 19.5 Å². The van der Waals surface area contributed by atoms with Gasteiger partial charge in [0.1, 0.15) is 0 Å². The van der Waals surface area contributed by atoms with Gasteiger partial charge in [0.2, 0.25) is 0 Å². The summed E-state index contributed by atoms with van der Waals surface area (Å²) in [6.07, 6.45) is 5.03. The van der Waals surface area contributed by atoms with Crippen LogP contribution in [0.5, 0.6) is 0 Å². The number of aromatic nitrogens is 1. The molecule has 0 spiro atoms. The van der Waals surface area contributed by atoms with Crippen molar-refractivity contribution in [2.24, 2.45) is 0 Å². The fourth-order valence-corrected chi connectivity index (χ4v) is 2.08. The van der Waals surface area contributed by atoms with Gasteiger partial charge in [0, 0.05) is 30.9 Å². The molecular weight excluding hydrogens is 234 g/mol. The van der Waals surface area contributed by atoms with Crippen LogP contribution in [-0.4, -0.2) is 23.1 Å². The number of anilines is 1. The van der Waals surface area contributed by atoms with E-state index in [-0.39, 0.29) is 5.54 Å². The standard InChI is InChI=1S/C16H29N3/c1-7-10-19(13(2)3)15-12-17-9-8-14(15)11-18-16(4,5)6/h8-9,12-13,18H,7,10-11H2,1-6H3. The largest absolute Gasteiger partial charge is 0.368 e. The summed E-state index contributed by atoms with van der Waals surface area (Å²) >= 11 is 0. The van der Waals surface area contributed by atoms with Gasteiger partial charge in [-0.05, 0) is 52.7 Å². The molecule has 0 radical (unpaired) electrons. The number of nitrogens with one attached hydrogen (secondary N) is 1. The summed E-state index contributed by atoms with van der Waals surface area (Å²) in [5, 5.41) is 3.56. The van der Waals surface area contributed by atoms with Crippen molar-refractivity contribution in [1.29, 1.82) is 0 Å². The quantitative estimate of drug-likeness (QED) is 0.850. The monoisotopic (exact) mass is 263 g/mol. The number of hydrogen-bond donors (Lipinski definition) is 1. The summed E-state index contributed by atoms with van der Waals surface area (Å²) in [4.78, 5) is 6.74. The minimum absolute atomic E-state index is 0.133. The molecule has 0 unspecified atom stereocenters. The third kappa shape index (κ3) is 5.19. The smallest absolute Gasteiger partial charge is 0.0600 e. The number of rotatable bonds is 6. The molecule has 1 rings (SSSR count). The first-order chi connectivity index (χ1) is 8.85. The van der Waals surface area contributed by atoms with Crippen molar-refractivity contribution in [2.45, 2.75) is 66.1 Å². The number of nitrogens with zero attached hydrogens (tertiary/aromatic N) is 2. The summed E-state index contributed by atoms with van der Waals surface area (Å²) in [6.45, 7) is 15.2. The summed E-state index contributed by atoms with van der Waals surface area (Å²) in [5.41, 5.74) is 2.72. The van der Waals surface area contributed by atoms with Crippen molar-refractivity contribution >= 4 is 5.69 Å². The zero-order valence-electron chi connectivity index (χ0n) is 13.3. The van der Waals surface area contributed by atoms with E-state index < -0.39 is 0 Å². The molecule has 0 amide bonds. The van der Waals surface area contributed by atoms with Gasteiger partial charge in [-0.3, -0.25) is 4.98 Å². The maximum atomic E-state index is 4.31. The van der Waals surface area contributed by atoms with Crippen molar-refractivity contribution in [3.05, 3.63) is 24.0 Å². The number of pyridine rings is 1. The van der Waals surface area contributed by atoms with Gasteiger partial charge in [-0.1, -0.05) is 6.92 Å². The molecule has 0 atom stereocenters. The van der Waals surface area contributed by atoms with Crippen LogP contribution in [0.2, 0.25) is 0 Å². The Morgan fingerprint density at radius 1 is 1.32 bits per heavy atom. The van der Waals surface area contributed by atoms with Gasteiger partial charge in [-0.2, -0.15) is 0 Å².